The minimum atomic E-state index is -0.744. The van der Waals surface area contributed by atoms with Crippen LogP contribution in [0, 0.1) is 0 Å². The lowest BCUT2D eigenvalue weighted by Gasteiger charge is -2.14. The molecule has 0 saturated carbocycles. The van der Waals surface area contributed by atoms with Crippen LogP contribution in [0.4, 0.5) is 0 Å². The van der Waals surface area contributed by atoms with E-state index in [0.717, 1.165) is 0 Å². The molecule has 0 aliphatic rings. The van der Waals surface area contributed by atoms with Gasteiger partial charge in [-0.2, -0.15) is 0 Å². The van der Waals surface area contributed by atoms with Crippen LogP contribution < -0.4 is 21.9 Å². The van der Waals surface area contributed by atoms with Crippen molar-refractivity contribution < 1.29 is 14.0 Å². The topological polar surface area (TPSA) is 126 Å². The van der Waals surface area contributed by atoms with E-state index < -0.39 is 17.3 Å². The molecule has 1 unspecified atom stereocenters. The predicted molar refractivity (Wildman–Crippen MR) is 102 cm³/mol. The van der Waals surface area contributed by atoms with Gasteiger partial charge in [-0.3, -0.25) is 23.9 Å². The average molecular weight is 384 g/mol. The molecular weight excluding hydrogens is 364 g/mol. The quantitative estimate of drug-likeness (QED) is 0.547. The maximum atomic E-state index is 12.2. The lowest BCUT2D eigenvalue weighted by atomic mass is 10.2. The van der Waals surface area contributed by atoms with Crippen LogP contribution in [-0.4, -0.2) is 27.4 Å². The lowest BCUT2D eigenvalue weighted by molar-refractivity contribution is -0.128. The summed E-state index contributed by atoms with van der Waals surface area (Å²) in [5.41, 5.74) is -0.600. The maximum Gasteiger partial charge on any atom is 0.328 e. The zero-order chi connectivity index (χ0) is 20.1. The number of hydrogen-bond donors (Lipinski definition) is 3. The first-order valence-corrected chi connectivity index (χ1v) is 8.77. The van der Waals surface area contributed by atoms with Crippen LogP contribution >= 0.6 is 0 Å². The number of nitrogens with zero attached hydrogens (tertiary/aromatic N) is 1. The molecule has 0 radical (unpaired) electrons. The molecule has 3 aromatic rings. The van der Waals surface area contributed by atoms with Crippen LogP contribution in [0.2, 0.25) is 0 Å². The second-order valence-corrected chi connectivity index (χ2v) is 6.26. The van der Waals surface area contributed by atoms with Gasteiger partial charge in [0.1, 0.15) is 11.8 Å². The number of carbonyl (C=O) groups is 2. The van der Waals surface area contributed by atoms with Gasteiger partial charge in [0.2, 0.25) is 11.8 Å². The SMILES string of the molecule is CC(NC(=O)CCn1c(=O)[nH]c(=O)c2ccccc21)C(=O)NCc1ccco1. The van der Waals surface area contributed by atoms with Crippen molar-refractivity contribution in [2.45, 2.75) is 32.5 Å². The van der Waals surface area contributed by atoms with E-state index in [-0.39, 0.29) is 31.3 Å². The number of hydrogen-bond acceptors (Lipinski definition) is 5. The zero-order valence-electron chi connectivity index (χ0n) is 15.2. The summed E-state index contributed by atoms with van der Waals surface area (Å²) in [7, 11) is 0. The first kappa shape index (κ1) is 19.2. The molecule has 0 spiro atoms. The number of fused-ring (bicyclic) bond motifs is 1. The van der Waals surface area contributed by atoms with Crippen LogP contribution in [0.25, 0.3) is 10.9 Å². The summed E-state index contributed by atoms with van der Waals surface area (Å²) < 4.78 is 6.46. The van der Waals surface area contributed by atoms with E-state index in [2.05, 4.69) is 15.6 Å². The van der Waals surface area contributed by atoms with E-state index in [9.17, 15) is 19.2 Å². The zero-order valence-corrected chi connectivity index (χ0v) is 15.2. The van der Waals surface area contributed by atoms with Crippen molar-refractivity contribution in [3.8, 4) is 0 Å². The summed E-state index contributed by atoms with van der Waals surface area (Å²) >= 11 is 0. The van der Waals surface area contributed by atoms with Gasteiger partial charge in [-0.15, -0.1) is 0 Å². The molecule has 0 saturated heterocycles. The largest absolute Gasteiger partial charge is 0.467 e. The standard InChI is InChI=1S/C19H20N4O5/c1-12(17(25)20-11-13-5-4-10-28-13)21-16(24)8-9-23-15-7-3-2-6-14(15)18(26)22-19(23)27/h2-7,10,12H,8-9,11H2,1H3,(H,20,25)(H,21,24)(H,22,26,27). The second-order valence-electron chi connectivity index (χ2n) is 6.26. The van der Waals surface area contributed by atoms with Crippen LogP contribution in [0.15, 0.2) is 56.7 Å². The number of amides is 2. The Morgan fingerprint density at radius 1 is 1.18 bits per heavy atom. The molecule has 3 N–H and O–H groups in total. The minimum absolute atomic E-state index is 0.0221. The number of rotatable bonds is 7. The lowest BCUT2D eigenvalue weighted by Crippen LogP contribution is -2.45. The van der Waals surface area contributed by atoms with Crippen molar-refractivity contribution in [1.82, 2.24) is 20.2 Å². The number of nitrogens with one attached hydrogen (secondary N) is 3. The van der Waals surface area contributed by atoms with E-state index in [1.54, 1.807) is 43.3 Å². The number of aromatic amines is 1. The first-order valence-electron chi connectivity index (χ1n) is 8.77. The number of aryl methyl sites for hydroxylation is 1. The number of benzene rings is 1. The van der Waals surface area contributed by atoms with Gasteiger partial charge >= 0.3 is 5.69 Å². The third-order valence-electron chi connectivity index (χ3n) is 4.26. The van der Waals surface area contributed by atoms with Crippen LogP contribution in [0.3, 0.4) is 0 Å². The number of para-hydroxylation sites is 1. The molecule has 9 nitrogen and oxygen atoms in total. The molecule has 0 aliphatic carbocycles. The van der Waals surface area contributed by atoms with Gasteiger partial charge < -0.3 is 15.1 Å². The number of aromatic nitrogens is 2. The molecule has 146 valence electrons. The minimum Gasteiger partial charge on any atom is -0.467 e. The first-order chi connectivity index (χ1) is 13.5. The van der Waals surface area contributed by atoms with E-state index in [1.165, 1.54) is 10.8 Å². The Kier molecular flexibility index (Phi) is 5.73. The highest BCUT2D eigenvalue weighted by atomic mass is 16.3. The van der Waals surface area contributed by atoms with Crippen LogP contribution in [0.5, 0.6) is 0 Å². The van der Waals surface area contributed by atoms with Gasteiger partial charge in [0.05, 0.1) is 23.7 Å². The second kappa shape index (κ2) is 8.38. The molecule has 1 atom stereocenters. The normalized spacial score (nSPS) is 11.9. The van der Waals surface area contributed by atoms with Crippen molar-refractivity contribution in [3.05, 3.63) is 69.3 Å². The fraction of sp³-hybridized carbons (Fsp3) is 0.263. The predicted octanol–water partition coefficient (Wildman–Crippen LogP) is 0.494. The molecular formula is C19H20N4O5. The van der Waals surface area contributed by atoms with Crippen molar-refractivity contribution in [1.29, 1.82) is 0 Å². The van der Waals surface area contributed by atoms with Crippen molar-refractivity contribution >= 4 is 22.7 Å². The van der Waals surface area contributed by atoms with E-state index >= 15 is 0 Å². The molecule has 2 amide bonds. The summed E-state index contributed by atoms with van der Waals surface area (Å²) in [4.78, 5) is 50.4. The van der Waals surface area contributed by atoms with Crippen molar-refractivity contribution in [3.63, 3.8) is 0 Å². The van der Waals surface area contributed by atoms with Crippen LogP contribution in [0.1, 0.15) is 19.1 Å². The molecule has 0 bridgehead atoms. The maximum absolute atomic E-state index is 12.2. The number of carbonyl (C=O) groups excluding carboxylic acids is 2. The summed E-state index contributed by atoms with van der Waals surface area (Å²) in [6.45, 7) is 1.87. The summed E-state index contributed by atoms with van der Waals surface area (Å²) in [6.07, 6.45) is 1.49. The summed E-state index contributed by atoms with van der Waals surface area (Å²) in [5.74, 6) is -0.129. The number of H-pyrrole nitrogens is 1. The van der Waals surface area contributed by atoms with Gasteiger partial charge in [0.15, 0.2) is 0 Å². The smallest absolute Gasteiger partial charge is 0.328 e. The molecule has 28 heavy (non-hydrogen) atoms. The van der Waals surface area contributed by atoms with Gasteiger partial charge in [-0.25, -0.2) is 4.79 Å². The van der Waals surface area contributed by atoms with Gasteiger partial charge in [-0.1, -0.05) is 12.1 Å². The van der Waals surface area contributed by atoms with Crippen LogP contribution in [-0.2, 0) is 22.7 Å². The Bertz CT molecular complexity index is 1100. The molecule has 0 fully saturated rings. The third-order valence-corrected chi connectivity index (χ3v) is 4.26. The van der Waals surface area contributed by atoms with E-state index in [0.29, 0.717) is 16.7 Å². The van der Waals surface area contributed by atoms with Gasteiger partial charge in [0, 0.05) is 13.0 Å². The highest BCUT2D eigenvalue weighted by Crippen LogP contribution is 2.07. The highest BCUT2D eigenvalue weighted by Gasteiger charge is 2.16. The molecule has 3 rings (SSSR count). The van der Waals surface area contributed by atoms with Crippen molar-refractivity contribution in [2.75, 3.05) is 0 Å². The number of furan rings is 1. The third kappa shape index (κ3) is 4.37. The molecule has 2 heterocycles. The van der Waals surface area contributed by atoms with E-state index in [1.807, 2.05) is 0 Å². The average Bonchev–Trinajstić information content (AvgIpc) is 3.19. The Labute approximate surface area is 159 Å². The molecule has 1 aromatic carbocycles. The van der Waals surface area contributed by atoms with Gasteiger partial charge in [0.25, 0.3) is 5.56 Å². The Morgan fingerprint density at radius 3 is 2.71 bits per heavy atom. The van der Waals surface area contributed by atoms with Crippen molar-refractivity contribution in [2.24, 2.45) is 0 Å². The highest BCUT2D eigenvalue weighted by molar-refractivity contribution is 5.87. The van der Waals surface area contributed by atoms with Gasteiger partial charge in [-0.05, 0) is 31.2 Å². The van der Waals surface area contributed by atoms with E-state index in [4.69, 9.17) is 4.42 Å². The molecule has 9 heteroatoms. The molecule has 0 aliphatic heterocycles. The summed E-state index contributed by atoms with van der Waals surface area (Å²) in [6, 6.07) is 9.37. The molecule has 2 aromatic heterocycles. The fourth-order valence-electron chi connectivity index (χ4n) is 2.80. The fourth-order valence-corrected chi connectivity index (χ4v) is 2.80. The Morgan fingerprint density at radius 2 is 1.96 bits per heavy atom. The Hall–Kier alpha value is -3.62. The Balaban J connectivity index is 1.58. The summed E-state index contributed by atoms with van der Waals surface area (Å²) in [5, 5.41) is 5.62. The monoisotopic (exact) mass is 384 g/mol.